The van der Waals surface area contributed by atoms with Crippen molar-refractivity contribution in [1.29, 1.82) is 0 Å². The largest absolute Gasteiger partial charge is 0.472 e. The second-order valence-electron chi connectivity index (χ2n) is 24.1. The first-order chi connectivity index (χ1) is 39.9. The predicted molar refractivity (Wildman–Crippen MR) is 331 cm³/mol. The van der Waals surface area contributed by atoms with Crippen LogP contribution in [0.3, 0.4) is 0 Å². The third kappa shape index (κ3) is 58.8. The van der Waals surface area contributed by atoms with E-state index in [1.165, 1.54) is 128 Å². The number of carbonyl (C=O) groups excluding carboxylic acids is 4. The number of phosphoric ester groups is 2. The summed E-state index contributed by atoms with van der Waals surface area (Å²) in [6.07, 6.45) is 39.0. The van der Waals surface area contributed by atoms with E-state index in [1.807, 2.05) is 0 Å². The van der Waals surface area contributed by atoms with Gasteiger partial charge in [0.2, 0.25) is 0 Å². The zero-order valence-electron chi connectivity index (χ0n) is 53.5. The smallest absolute Gasteiger partial charge is 0.462 e. The Kier molecular flexibility index (Phi) is 55.2. The molecule has 0 saturated heterocycles. The summed E-state index contributed by atoms with van der Waals surface area (Å²) in [6, 6.07) is 0. The van der Waals surface area contributed by atoms with Gasteiger partial charge in [-0.1, -0.05) is 266 Å². The quantitative estimate of drug-likeness (QED) is 0.0222. The van der Waals surface area contributed by atoms with Crippen LogP contribution in [0.2, 0.25) is 0 Å². The molecule has 17 nitrogen and oxygen atoms in total. The zero-order chi connectivity index (χ0) is 61.5. The molecule has 0 aromatic rings. The Balaban J connectivity index is 5.24. The maximum Gasteiger partial charge on any atom is 0.472 e. The molecule has 0 fully saturated rings. The molecule has 0 aliphatic rings. The summed E-state index contributed by atoms with van der Waals surface area (Å²) >= 11 is 0. The standard InChI is InChI=1S/C64H124O17P2/c1-7-9-11-13-15-17-19-24-27-34-40-46-61(66)74-52-59(80-64(69)49-43-37-29-25-21-20-22-26-32-38-44-56(3)4)54-78-82(70,71)76-50-58(65)51-77-83(72,73)79-55-60(53-75-62(67)47-41-35-31-30-33-39-45-57(5)6)81-63(68)48-42-36-28-23-18-16-14-12-10-8-2/h56-60,65H,7-55H2,1-6H3,(H,70,71)(H,72,73)/t58-,59-,60-/m1/s1. The molecule has 0 aliphatic carbocycles. The topological polar surface area (TPSA) is 237 Å². The van der Waals surface area contributed by atoms with Gasteiger partial charge in [-0.15, -0.1) is 0 Å². The highest BCUT2D eigenvalue weighted by molar-refractivity contribution is 7.47. The van der Waals surface area contributed by atoms with Crippen LogP contribution in [0.5, 0.6) is 0 Å². The second-order valence-corrected chi connectivity index (χ2v) is 27.0. The van der Waals surface area contributed by atoms with Gasteiger partial charge in [0.1, 0.15) is 19.3 Å². The highest BCUT2D eigenvalue weighted by Gasteiger charge is 2.30. The van der Waals surface area contributed by atoms with Crippen LogP contribution in [0.4, 0.5) is 0 Å². The monoisotopic (exact) mass is 1230 g/mol. The van der Waals surface area contributed by atoms with Gasteiger partial charge in [0.25, 0.3) is 0 Å². The van der Waals surface area contributed by atoms with Gasteiger partial charge in [-0.05, 0) is 37.5 Å². The molecular weight excluding hydrogens is 1100 g/mol. The third-order valence-electron chi connectivity index (χ3n) is 14.7. The summed E-state index contributed by atoms with van der Waals surface area (Å²) in [7, 11) is -9.88. The van der Waals surface area contributed by atoms with Crippen molar-refractivity contribution in [1.82, 2.24) is 0 Å². The number of aliphatic hydroxyl groups is 1. The van der Waals surface area contributed by atoms with E-state index in [0.29, 0.717) is 31.6 Å². The number of unbranched alkanes of at least 4 members (excludes halogenated alkanes) is 33. The van der Waals surface area contributed by atoms with Crippen LogP contribution in [-0.4, -0.2) is 96.7 Å². The lowest BCUT2D eigenvalue weighted by Crippen LogP contribution is -2.30. The molecule has 0 heterocycles. The zero-order valence-corrected chi connectivity index (χ0v) is 55.3. The van der Waals surface area contributed by atoms with Gasteiger partial charge in [0.05, 0.1) is 26.4 Å². The fourth-order valence-corrected chi connectivity index (χ4v) is 11.1. The summed E-state index contributed by atoms with van der Waals surface area (Å²) < 4.78 is 68.0. The average molecular weight is 1230 g/mol. The van der Waals surface area contributed by atoms with Gasteiger partial charge in [-0.25, -0.2) is 9.13 Å². The van der Waals surface area contributed by atoms with Gasteiger partial charge >= 0.3 is 39.5 Å². The van der Waals surface area contributed by atoms with Crippen LogP contribution < -0.4 is 0 Å². The van der Waals surface area contributed by atoms with E-state index in [9.17, 15) is 43.2 Å². The molecule has 2 unspecified atom stereocenters. The van der Waals surface area contributed by atoms with Crippen molar-refractivity contribution in [2.24, 2.45) is 11.8 Å². The van der Waals surface area contributed by atoms with E-state index in [0.717, 1.165) is 102 Å². The Bertz CT molecular complexity index is 1630. The number of hydrogen-bond acceptors (Lipinski definition) is 15. The first kappa shape index (κ1) is 81.1. The van der Waals surface area contributed by atoms with Crippen molar-refractivity contribution in [3.63, 3.8) is 0 Å². The number of rotatable bonds is 63. The van der Waals surface area contributed by atoms with Gasteiger partial charge in [-0.2, -0.15) is 0 Å². The molecule has 0 saturated carbocycles. The molecule has 3 N–H and O–H groups in total. The van der Waals surface area contributed by atoms with E-state index in [4.69, 9.17) is 37.0 Å². The van der Waals surface area contributed by atoms with E-state index in [2.05, 4.69) is 41.5 Å². The molecule has 0 aromatic carbocycles. The molecule has 0 amide bonds. The van der Waals surface area contributed by atoms with Crippen LogP contribution in [-0.2, 0) is 65.4 Å². The maximum atomic E-state index is 13.0. The normalized spacial score (nSPS) is 14.3. The molecule has 83 heavy (non-hydrogen) atoms. The van der Waals surface area contributed by atoms with Crippen molar-refractivity contribution in [2.75, 3.05) is 39.6 Å². The third-order valence-corrected chi connectivity index (χ3v) is 16.6. The van der Waals surface area contributed by atoms with Crippen LogP contribution in [0, 0.1) is 11.8 Å². The van der Waals surface area contributed by atoms with E-state index in [1.54, 1.807) is 0 Å². The van der Waals surface area contributed by atoms with E-state index < -0.39 is 97.5 Å². The number of esters is 4. The molecule has 5 atom stereocenters. The lowest BCUT2D eigenvalue weighted by Gasteiger charge is -2.21. The molecule has 19 heteroatoms. The predicted octanol–water partition coefficient (Wildman–Crippen LogP) is 17.7. The van der Waals surface area contributed by atoms with Crippen LogP contribution in [0.1, 0.15) is 318 Å². The summed E-state index contributed by atoms with van der Waals surface area (Å²) in [5.74, 6) is -0.703. The molecule has 0 aromatic heterocycles. The number of ether oxygens (including phenoxy) is 4. The van der Waals surface area contributed by atoms with Crippen LogP contribution in [0.25, 0.3) is 0 Å². The fraction of sp³-hybridized carbons (Fsp3) is 0.938. The number of carbonyl (C=O) groups is 4. The van der Waals surface area contributed by atoms with Gasteiger partial charge in [-0.3, -0.25) is 37.3 Å². The van der Waals surface area contributed by atoms with Crippen LogP contribution in [0.15, 0.2) is 0 Å². The SMILES string of the molecule is CCCCCCCCCCCCCC(=O)OC[C@H](COP(=O)(O)OC[C@@H](O)COP(=O)(O)OC[C@@H](COC(=O)CCCCCCCCC(C)C)OC(=O)CCCCCCCCCCCC)OC(=O)CCCCCCCCCCCCC(C)C. The lowest BCUT2D eigenvalue weighted by molar-refractivity contribution is -0.161. The Hall–Kier alpha value is -1.94. The van der Waals surface area contributed by atoms with E-state index in [-0.39, 0.29) is 25.7 Å². The number of phosphoric acid groups is 2. The van der Waals surface area contributed by atoms with Gasteiger partial charge < -0.3 is 33.8 Å². The van der Waals surface area contributed by atoms with Crippen LogP contribution >= 0.6 is 15.6 Å². The van der Waals surface area contributed by atoms with Crippen molar-refractivity contribution in [3.05, 3.63) is 0 Å². The summed E-state index contributed by atoms with van der Waals surface area (Å²) in [6.45, 7) is 9.39. The van der Waals surface area contributed by atoms with Gasteiger partial charge in [0.15, 0.2) is 12.2 Å². The lowest BCUT2D eigenvalue weighted by atomic mass is 10.0. The van der Waals surface area contributed by atoms with Crippen molar-refractivity contribution in [3.8, 4) is 0 Å². The molecule has 0 spiro atoms. The maximum absolute atomic E-state index is 13.0. The van der Waals surface area contributed by atoms with Crippen molar-refractivity contribution in [2.45, 2.75) is 336 Å². The first-order valence-electron chi connectivity index (χ1n) is 33.5. The fourth-order valence-electron chi connectivity index (χ4n) is 9.53. The second kappa shape index (κ2) is 56.6. The van der Waals surface area contributed by atoms with Crippen molar-refractivity contribution >= 4 is 39.5 Å². The number of hydrogen-bond donors (Lipinski definition) is 3. The minimum atomic E-state index is -4.94. The highest BCUT2D eigenvalue weighted by atomic mass is 31.2. The molecular formula is C64H124O17P2. The molecule has 0 aliphatic heterocycles. The Morgan fingerprint density at radius 2 is 0.554 bits per heavy atom. The Labute approximate surface area is 505 Å². The summed E-state index contributed by atoms with van der Waals surface area (Å²) in [4.78, 5) is 72.2. The average Bonchev–Trinajstić information content (AvgIpc) is 3.45. The summed E-state index contributed by atoms with van der Waals surface area (Å²) in [5, 5.41) is 10.5. The Morgan fingerprint density at radius 1 is 0.325 bits per heavy atom. The minimum Gasteiger partial charge on any atom is -0.462 e. The summed E-state index contributed by atoms with van der Waals surface area (Å²) in [5.41, 5.74) is 0. The minimum absolute atomic E-state index is 0.105. The molecule has 492 valence electrons. The molecule has 0 bridgehead atoms. The Morgan fingerprint density at radius 3 is 0.819 bits per heavy atom. The first-order valence-corrected chi connectivity index (χ1v) is 36.5. The highest BCUT2D eigenvalue weighted by Crippen LogP contribution is 2.45. The van der Waals surface area contributed by atoms with Crippen molar-refractivity contribution < 1.29 is 80.2 Å². The molecule has 0 radical (unpaired) electrons. The molecule has 0 rings (SSSR count). The number of aliphatic hydroxyl groups excluding tert-OH is 1. The van der Waals surface area contributed by atoms with E-state index >= 15 is 0 Å². The van der Waals surface area contributed by atoms with Gasteiger partial charge in [0, 0.05) is 25.7 Å².